The molecule has 21 heavy (non-hydrogen) atoms. The molecule has 0 spiro atoms. The molecule has 110 valence electrons. The lowest BCUT2D eigenvalue weighted by Gasteiger charge is -2.10. The SMILES string of the molecule is O=C(Nc1c(F)cc(F)cc1Br)c1noc2c1CCCC2. The quantitative estimate of drug-likeness (QED) is 0.889. The van der Waals surface area contributed by atoms with Crippen molar-refractivity contribution >= 4 is 27.5 Å². The summed E-state index contributed by atoms with van der Waals surface area (Å²) in [5, 5.41) is 6.18. The van der Waals surface area contributed by atoms with Gasteiger partial charge in [0.1, 0.15) is 11.6 Å². The number of hydrogen-bond donors (Lipinski definition) is 1. The van der Waals surface area contributed by atoms with E-state index in [0.29, 0.717) is 18.2 Å². The average molecular weight is 357 g/mol. The molecule has 0 saturated heterocycles. The highest BCUT2D eigenvalue weighted by Gasteiger charge is 2.25. The molecule has 1 aromatic heterocycles. The topological polar surface area (TPSA) is 55.1 Å². The van der Waals surface area contributed by atoms with E-state index in [1.165, 1.54) is 0 Å². The summed E-state index contributed by atoms with van der Waals surface area (Å²) in [6.07, 6.45) is 3.43. The summed E-state index contributed by atoms with van der Waals surface area (Å²) < 4.78 is 32.0. The number of rotatable bonds is 2. The van der Waals surface area contributed by atoms with Crippen LogP contribution >= 0.6 is 15.9 Å². The fraction of sp³-hybridized carbons (Fsp3) is 0.286. The van der Waals surface area contributed by atoms with Crippen LogP contribution in [0, 0.1) is 11.6 Å². The van der Waals surface area contributed by atoms with E-state index in [1.807, 2.05) is 0 Å². The molecule has 0 atom stereocenters. The van der Waals surface area contributed by atoms with Crippen LogP contribution in [0.5, 0.6) is 0 Å². The van der Waals surface area contributed by atoms with Crippen molar-refractivity contribution in [2.75, 3.05) is 5.32 Å². The van der Waals surface area contributed by atoms with Gasteiger partial charge in [-0.25, -0.2) is 8.78 Å². The molecule has 0 saturated carbocycles. The van der Waals surface area contributed by atoms with E-state index in [0.717, 1.165) is 30.9 Å². The maximum atomic E-state index is 13.7. The highest BCUT2D eigenvalue weighted by molar-refractivity contribution is 9.10. The summed E-state index contributed by atoms with van der Waals surface area (Å²) in [5.41, 5.74) is 0.826. The first kappa shape index (κ1) is 14.2. The van der Waals surface area contributed by atoms with E-state index < -0.39 is 17.5 Å². The largest absolute Gasteiger partial charge is 0.360 e. The van der Waals surface area contributed by atoms with Gasteiger partial charge in [0, 0.05) is 22.5 Å². The van der Waals surface area contributed by atoms with E-state index >= 15 is 0 Å². The van der Waals surface area contributed by atoms with Crippen LogP contribution in [-0.4, -0.2) is 11.1 Å². The van der Waals surface area contributed by atoms with Gasteiger partial charge in [-0.3, -0.25) is 4.79 Å². The molecule has 1 N–H and O–H groups in total. The van der Waals surface area contributed by atoms with Crippen LogP contribution in [0.2, 0.25) is 0 Å². The van der Waals surface area contributed by atoms with Crippen LogP contribution in [0.4, 0.5) is 14.5 Å². The van der Waals surface area contributed by atoms with Gasteiger partial charge in [0.25, 0.3) is 5.91 Å². The summed E-state index contributed by atoms with van der Waals surface area (Å²) in [5.74, 6) is -1.43. The molecular weight excluding hydrogens is 346 g/mol. The summed E-state index contributed by atoms with van der Waals surface area (Å²) >= 11 is 3.03. The number of hydrogen-bond acceptors (Lipinski definition) is 3. The number of amides is 1. The second-order valence-corrected chi connectivity index (χ2v) is 5.69. The van der Waals surface area contributed by atoms with E-state index in [9.17, 15) is 13.6 Å². The summed E-state index contributed by atoms with van der Waals surface area (Å²) in [7, 11) is 0. The number of aromatic nitrogens is 1. The zero-order valence-electron chi connectivity index (χ0n) is 10.9. The van der Waals surface area contributed by atoms with Crippen LogP contribution in [0.1, 0.15) is 34.7 Å². The van der Waals surface area contributed by atoms with Crippen molar-refractivity contribution in [3.63, 3.8) is 0 Å². The predicted molar refractivity (Wildman–Crippen MR) is 75.2 cm³/mol. The number of carbonyl (C=O) groups is 1. The first-order valence-corrected chi connectivity index (χ1v) is 7.29. The molecule has 2 aromatic rings. The minimum atomic E-state index is -0.854. The minimum Gasteiger partial charge on any atom is -0.360 e. The Hall–Kier alpha value is -1.76. The molecule has 0 unspecified atom stereocenters. The lowest BCUT2D eigenvalue weighted by Crippen LogP contribution is -2.17. The van der Waals surface area contributed by atoms with Crippen molar-refractivity contribution in [1.82, 2.24) is 5.16 Å². The van der Waals surface area contributed by atoms with Gasteiger partial charge in [-0.1, -0.05) is 5.16 Å². The molecule has 0 aliphatic heterocycles. The number of nitrogens with zero attached hydrogens (tertiary/aromatic N) is 1. The maximum Gasteiger partial charge on any atom is 0.278 e. The average Bonchev–Trinajstić information content (AvgIpc) is 2.86. The van der Waals surface area contributed by atoms with Crippen molar-refractivity contribution < 1.29 is 18.1 Å². The lowest BCUT2D eigenvalue weighted by molar-refractivity contribution is 0.101. The number of benzene rings is 1. The summed E-state index contributed by atoms with van der Waals surface area (Å²) in [6.45, 7) is 0. The lowest BCUT2D eigenvalue weighted by atomic mass is 9.96. The fourth-order valence-electron chi connectivity index (χ4n) is 2.40. The van der Waals surface area contributed by atoms with Crippen molar-refractivity contribution in [3.8, 4) is 0 Å². The van der Waals surface area contributed by atoms with Gasteiger partial charge in [0.05, 0.1) is 5.69 Å². The van der Waals surface area contributed by atoms with Crippen LogP contribution in [0.15, 0.2) is 21.1 Å². The maximum absolute atomic E-state index is 13.7. The molecule has 7 heteroatoms. The van der Waals surface area contributed by atoms with Crippen molar-refractivity contribution in [2.24, 2.45) is 0 Å². The van der Waals surface area contributed by atoms with Crippen LogP contribution in [0.25, 0.3) is 0 Å². The van der Waals surface area contributed by atoms with Crippen molar-refractivity contribution in [2.45, 2.75) is 25.7 Å². The Morgan fingerprint density at radius 2 is 2.05 bits per heavy atom. The molecule has 0 bridgehead atoms. The van der Waals surface area contributed by atoms with Crippen molar-refractivity contribution in [1.29, 1.82) is 0 Å². The van der Waals surface area contributed by atoms with Gasteiger partial charge in [0.15, 0.2) is 11.5 Å². The minimum absolute atomic E-state index is 0.117. The van der Waals surface area contributed by atoms with E-state index in [2.05, 4.69) is 26.4 Å². The summed E-state index contributed by atoms with van der Waals surface area (Å²) in [4.78, 5) is 12.2. The highest BCUT2D eigenvalue weighted by Crippen LogP contribution is 2.29. The van der Waals surface area contributed by atoms with E-state index in [4.69, 9.17) is 4.52 Å². The van der Waals surface area contributed by atoms with Crippen molar-refractivity contribution in [3.05, 3.63) is 45.3 Å². The van der Waals surface area contributed by atoms with E-state index in [-0.39, 0.29) is 15.9 Å². The Labute approximate surface area is 127 Å². The van der Waals surface area contributed by atoms with Gasteiger partial charge >= 0.3 is 0 Å². The third-order valence-electron chi connectivity index (χ3n) is 3.41. The second-order valence-electron chi connectivity index (χ2n) is 4.84. The number of aryl methyl sites for hydroxylation is 1. The molecule has 3 rings (SSSR count). The summed E-state index contributed by atoms with van der Waals surface area (Å²) in [6, 6.07) is 1.79. The zero-order valence-corrected chi connectivity index (χ0v) is 12.5. The van der Waals surface area contributed by atoms with Crippen LogP contribution in [-0.2, 0) is 12.8 Å². The highest BCUT2D eigenvalue weighted by atomic mass is 79.9. The molecule has 1 heterocycles. The fourth-order valence-corrected chi connectivity index (χ4v) is 2.90. The third kappa shape index (κ3) is 2.70. The molecule has 1 aromatic carbocycles. The molecule has 1 aliphatic carbocycles. The van der Waals surface area contributed by atoms with Gasteiger partial charge in [-0.2, -0.15) is 0 Å². The molecule has 0 fully saturated rings. The first-order chi connectivity index (χ1) is 10.1. The predicted octanol–water partition coefficient (Wildman–Crippen LogP) is 3.85. The van der Waals surface area contributed by atoms with Crippen LogP contribution in [0.3, 0.4) is 0 Å². The Balaban J connectivity index is 1.89. The third-order valence-corrected chi connectivity index (χ3v) is 4.04. The number of halogens is 3. The number of carbonyl (C=O) groups excluding carboxylic acids is 1. The molecule has 0 radical (unpaired) electrons. The molecule has 1 amide bonds. The number of fused-ring (bicyclic) bond motifs is 1. The normalized spacial score (nSPS) is 13.9. The smallest absolute Gasteiger partial charge is 0.278 e. The first-order valence-electron chi connectivity index (χ1n) is 6.49. The molecule has 4 nitrogen and oxygen atoms in total. The van der Waals surface area contributed by atoms with Gasteiger partial charge in [0.2, 0.25) is 0 Å². The number of nitrogens with one attached hydrogen (secondary N) is 1. The number of anilines is 1. The Morgan fingerprint density at radius 1 is 1.29 bits per heavy atom. The van der Waals surface area contributed by atoms with Gasteiger partial charge in [-0.05, 0) is 41.3 Å². The Kier molecular flexibility index (Phi) is 3.75. The van der Waals surface area contributed by atoms with E-state index in [1.54, 1.807) is 0 Å². The van der Waals surface area contributed by atoms with Gasteiger partial charge < -0.3 is 9.84 Å². The zero-order chi connectivity index (χ0) is 15.0. The van der Waals surface area contributed by atoms with Gasteiger partial charge in [-0.15, -0.1) is 0 Å². The standard InChI is InChI=1S/C14H11BrF2N2O2/c15-9-5-7(16)6-10(17)13(9)18-14(20)12-8-3-1-2-4-11(8)21-19-12/h5-6H,1-4H2,(H,18,20). The Bertz CT molecular complexity index is 692. The molecular formula is C14H11BrF2N2O2. The second kappa shape index (κ2) is 5.55. The Morgan fingerprint density at radius 3 is 2.81 bits per heavy atom. The van der Waals surface area contributed by atoms with Crippen LogP contribution < -0.4 is 5.32 Å². The molecule has 1 aliphatic rings. The monoisotopic (exact) mass is 356 g/mol.